The highest BCUT2D eigenvalue weighted by Gasteiger charge is 2.52. The molecule has 0 amide bonds. The van der Waals surface area contributed by atoms with Crippen LogP contribution in [0.15, 0.2) is 0 Å². The van der Waals surface area contributed by atoms with Gasteiger partial charge in [0, 0.05) is 56.4 Å². The van der Waals surface area contributed by atoms with Gasteiger partial charge < -0.3 is 4.74 Å². The fraction of sp³-hybridized carbons (Fsp3) is 1.00. The zero-order chi connectivity index (χ0) is 18.7. The SMILES string of the molecule is CC(C)(C)C1CC2COCCN2C1C1CC2CN(C(C)(C)C)CCN2C1. The second-order valence-electron chi connectivity index (χ2n) is 11.4. The van der Waals surface area contributed by atoms with E-state index < -0.39 is 0 Å². The summed E-state index contributed by atoms with van der Waals surface area (Å²) in [6, 6.07) is 2.20. The molecule has 0 aliphatic carbocycles. The first-order chi connectivity index (χ1) is 12.1. The molecule has 150 valence electrons. The Morgan fingerprint density at radius 2 is 1.62 bits per heavy atom. The van der Waals surface area contributed by atoms with Crippen LogP contribution in [0.2, 0.25) is 0 Å². The van der Waals surface area contributed by atoms with Crippen LogP contribution < -0.4 is 0 Å². The Hall–Kier alpha value is -0.160. The van der Waals surface area contributed by atoms with Crippen LogP contribution >= 0.6 is 0 Å². The minimum atomic E-state index is 0.306. The van der Waals surface area contributed by atoms with Crippen molar-refractivity contribution in [1.82, 2.24) is 14.7 Å². The number of hydrogen-bond acceptors (Lipinski definition) is 4. The Balaban J connectivity index is 1.51. The van der Waals surface area contributed by atoms with Crippen molar-refractivity contribution < 1.29 is 4.74 Å². The summed E-state index contributed by atoms with van der Waals surface area (Å²) in [6.07, 6.45) is 2.73. The van der Waals surface area contributed by atoms with Crippen molar-refractivity contribution in [2.45, 2.75) is 78.0 Å². The second kappa shape index (κ2) is 6.72. The molecule has 4 rings (SSSR count). The molecule has 0 aromatic rings. The van der Waals surface area contributed by atoms with Crippen LogP contribution in [0.3, 0.4) is 0 Å². The molecule has 5 unspecified atom stereocenters. The zero-order valence-electron chi connectivity index (χ0n) is 18.0. The van der Waals surface area contributed by atoms with Crippen molar-refractivity contribution >= 4 is 0 Å². The lowest BCUT2D eigenvalue weighted by atomic mass is 9.72. The van der Waals surface area contributed by atoms with Crippen LogP contribution in [0.4, 0.5) is 0 Å². The topological polar surface area (TPSA) is 19.0 Å². The number of morpholine rings is 1. The predicted molar refractivity (Wildman–Crippen MR) is 107 cm³/mol. The van der Waals surface area contributed by atoms with Gasteiger partial charge in [-0.2, -0.15) is 0 Å². The van der Waals surface area contributed by atoms with Gasteiger partial charge in [0.15, 0.2) is 0 Å². The van der Waals surface area contributed by atoms with Crippen LogP contribution in [0, 0.1) is 17.3 Å². The minimum absolute atomic E-state index is 0.306. The summed E-state index contributed by atoms with van der Waals surface area (Å²) in [5, 5.41) is 0. The second-order valence-corrected chi connectivity index (χ2v) is 11.4. The van der Waals surface area contributed by atoms with Crippen molar-refractivity contribution in [1.29, 1.82) is 0 Å². The average Bonchev–Trinajstić information content (AvgIpc) is 3.13. The maximum atomic E-state index is 5.84. The third kappa shape index (κ3) is 3.47. The van der Waals surface area contributed by atoms with Crippen LogP contribution in [0.1, 0.15) is 54.4 Å². The maximum absolute atomic E-state index is 5.84. The number of nitrogens with zero attached hydrogens (tertiary/aromatic N) is 3. The normalized spacial score (nSPS) is 40.6. The van der Waals surface area contributed by atoms with Gasteiger partial charge in [-0.05, 0) is 50.9 Å². The van der Waals surface area contributed by atoms with Crippen molar-refractivity contribution in [2.75, 3.05) is 45.9 Å². The maximum Gasteiger partial charge on any atom is 0.0622 e. The summed E-state index contributed by atoms with van der Waals surface area (Å²) >= 11 is 0. The molecule has 4 aliphatic heterocycles. The molecule has 0 radical (unpaired) electrons. The van der Waals surface area contributed by atoms with Crippen LogP contribution in [-0.2, 0) is 4.74 Å². The van der Waals surface area contributed by atoms with E-state index in [-0.39, 0.29) is 0 Å². The smallest absolute Gasteiger partial charge is 0.0622 e. The summed E-state index contributed by atoms with van der Waals surface area (Å²) in [4.78, 5) is 8.40. The molecule has 0 spiro atoms. The van der Waals surface area contributed by atoms with E-state index in [0.29, 0.717) is 17.0 Å². The molecular formula is C22H41N3O. The molecule has 0 saturated carbocycles. The standard InChI is InChI=1S/C22H41N3O/c1-21(2,3)19-12-18-15-26-10-9-25(18)20(19)16-11-17-14-24(22(4,5)6)8-7-23(17)13-16/h16-20H,7-15H2,1-6H3. The van der Waals surface area contributed by atoms with E-state index in [1.54, 1.807) is 0 Å². The van der Waals surface area contributed by atoms with Crippen molar-refractivity contribution in [3.8, 4) is 0 Å². The van der Waals surface area contributed by atoms with E-state index in [1.807, 2.05) is 0 Å². The minimum Gasteiger partial charge on any atom is -0.378 e. The molecule has 5 atom stereocenters. The quantitative estimate of drug-likeness (QED) is 0.713. The number of piperazine rings is 1. The van der Waals surface area contributed by atoms with Crippen molar-refractivity contribution in [2.24, 2.45) is 17.3 Å². The van der Waals surface area contributed by atoms with Gasteiger partial charge in [-0.3, -0.25) is 14.7 Å². The first kappa shape index (κ1) is 19.2. The van der Waals surface area contributed by atoms with Gasteiger partial charge in [-0.25, -0.2) is 0 Å². The van der Waals surface area contributed by atoms with Gasteiger partial charge in [-0.1, -0.05) is 20.8 Å². The molecule has 26 heavy (non-hydrogen) atoms. The lowest BCUT2D eigenvalue weighted by Crippen LogP contribution is -2.56. The summed E-state index contributed by atoms with van der Waals surface area (Å²) in [5.41, 5.74) is 0.698. The molecule has 4 heterocycles. The third-order valence-corrected chi connectivity index (χ3v) is 7.79. The molecule has 0 aromatic carbocycles. The lowest BCUT2D eigenvalue weighted by Gasteiger charge is -2.44. The van der Waals surface area contributed by atoms with Gasteiger partial charge in [0.1, 0.15) is 0 Å². The highest BCUT2D eigenvalue weighted by Crippen LogP contribution is 2.47. The monoisotopic (exact) mass is 363 g/mol. The first-order valence-electron chi connectivity index (χ1n) is 11.0. The average molecular weight is 364 g/mol. The number of hydrogen-bond donors (Lipinski definition) is 0. The molecule has 0 bridgehead atoms. The van der Waals surface area contributed by atoms with E-state index >= 15 is 0 Å². The molecule has 4 heteroatoms. The van der Waals surface area contributed by atoms with Crippen LogP contribution in [0.5, 0.6) is 0 Å². The van der Waals surface area contributed by atoms with Crippen molar-refractivity contribution in [3.05, 3.63) is 0 Å². The van der Waals surface area contributed by atoms with E-state index in [9.17, 15) is 0 Å². The van der Waals surface area contributed by atoms with Crippen LogP contribution in [0.25, 0.3) is 0 Å². The van der Waals surface area contributed by atoms with Gasteiger partial charge >= 0.3 is 0 Å². The Morgan fingerprint density at radius 3 is 2.31 bits per heavy atom. The summed E-state index contributed by atoms with van der Waals surface area (Å²) in [5.74, 6) is 1.64. The van der Waals surface area contributed by atoms with E-state index in [1.165, 1.54) is 39.0 Å². The largest absolute Gasteiger partial charge is 0.378 e. The van der Waals surface area contributed by atoms with E-state index in [2.05, 4.69) is 56.2 Å². The van der Waals surface area contributed by atoms with Gasteiger partial charge in [0.25, 0.3) is 0 Å². The van der Waals surface area contributed by atoms with Crippen LogP contribution in [-0.4, -0.2) is 84.3 Å². The molecule has 4 fully saturated rings. The number of rotatable bonds is 1. The Kier molecular flexibility index (Phi) is 4.95. The first-order valence-corrected chi connectivity index (χ1v) is 11.0. The van der Waals surface area contributed by atoms with E-state index in [4.69, 9.17) is 4.74 Å². The number of fused-ring (bicyclic) bond motifs is 2. The fourth-order valence-corrected chi connectivity index (χ4v) is 6.33. The molecule has 0 aromatic heterocycles. The Bertz CT molecular complexity index is 508. The summed E-state index contributed by atoms with van der Waals surface area (Å²) < 4.78 is 5.84. The van der Waals surface area contributed by atoms with E-state index in [0.717, 1.165) is 43.7 Å². The molecular weight excluding hydrogens is 322 g/mol. The Morgan fingerprint density at radius 1 is 0.846 bits per heavy atom. The zero-order valence-corrected chi connectivity index (χ0v) is 18.0. The highest BCUT2D eigenvalue weighted by atomic mass is 16.5. The summed E-state index contributed by atoms with van der Waals surface area (Å²) in [7, 11) is 0. The fourth-order valence-electron chi connectivity index (χ4n) is 6.33. The Labute approximate surface area is 161 Å². The van der Waals surface area contributed by atoms with Crippen molar-refractivity contribution in [3.63, 3.8) is 0 Å². The molecule has 4 aliphatic rings. The highest BCUT2D eigenvalue weighted by molar-refractivity contribution is 5.06. The third-order valence-electron chi connectivity index (χ3n) is 7.79. The molecule has 4 saturated heterocycles. The van der Waals surface area contributed by atoms with Gasteiger partial charge in [0.05, 0.1) is 13.2 Å². The molecule has 4 nitrogen and oxygen atoms in total. The lowest BCUT2D eigenvalue weighted by molar-refractivity contribution is -0.0172. The predicted octanol–water partition coefficient (Wildman–Crippen LogP) is 2.93. The van der Waals surface area contributed by atoms with Gasteiger partial charge in [0.2, 0.25) is 0 Å². The number of ether oxygens (including phenoxy) is 1. The molecule has 0 N–H and O–H groups in total. The van der Waals surface area contributed by atoms with Gasteiger partial charge in [-0.15, -0.1) is 0 Å². The summed E-state index contributed by atoms with van der Waals surface area (Å²) in [6.45, 7) is 22.6.